The predicted octanol–water partition coefficient (Wildman–Crippen LogP) is 3.97. The van der Waals surface area contributed by atoms with Crippen LogP contribution in [0.4, 0.5) is 11.4 Å². The van der Waals surface area contributed by atoms with E-state index in [-0.39, 0.29) is 11.9 Å². The van der Waals surface area contributed by atoms with Crippen molar-refractivity contribution in [2.75, 3.05) is 18.5 Å². The van der Waals surface area contributed by atoms with Crippen LogP contribution in [0, 0.1) is 0 Å². The summed E-state index contributed by atoms with van der Waals surface area (Å²) in [6, 6.07) is 20.4. The van der Waals surface area contributed by atoms with Crippen molar-refractivity contribution < 1.29 is 14.3 Å². The molecule has 6 heteroatoms. The molecule has 148 valence electrons. The minimum atomic E-state index is -0.350. The number of amides is 1. The fourth-order valence-corrected chi connectivity index (χ4v) is 2.76. The van der Waals surface area contributed by atoms with Crippen LogP contribution in [0.5, 0.6) is 0 Å². The maximum absolute atomic E-state index is 12.4. The Morgan fingerprint density at radius 1 is 0.966 bits per heavy atom. The van der Waals surface area contributed by atoms with Crippen molar-refractivity contribution in [1.82, 2.24) is 10.3 Å². The summed E-state index contributed by atoms with van der Waals surface area (Å²) in [5.74, 6) is -0.570. The number of nitrogens with one attached hydrogen (secondary N) is 2. The molecule has 0 saturated carbocycles. The molecule has 0 radical (unpaired) electrons. The SMILES string of the molecule is CCOC(=O)c1ccc(Nc2ccnc(C(=O)NCCc3ccccc3)c2)cc1. The molecule has 6 nitrogen and oxygen atoms in total. The van der Waals surface area contributed by atoms with Gasteiger partial charge in [-0.3, -0.25) is 9.78 Å². The minimum Gasteiger partial charge on any atom is -0.462 e. The average Bonchev–Trinajstić information content (AvgIpc) is 2.75. The zero-order valence-corrected chi connectivity index (χ0v) is 16.2. The number of hydrogen-bond acceptors (Lipinski definition) is 5. The van der Waals surface area contributed by atoms with Gasteiger partial charge in [-0.05, 0) is 55.3 Å². The van der Waals surface area contributed by atoms with E-state index in [9.17, 15) is 9.59 Å². The highest BCUT2D eigenvalue weighted by Gasteiger charge is 2.09. The number of hydrogen-bond donors (Lipinski definition) is 2. The highest BCUT2D eigenvalue weighted by molar-refractivity contribution is 5.93. The first-order valence-electron chi connectivity index (χ1n) is 9.48. The third-order valence-electron chi connectivity index (χ3n) is 4.22. The summed E-state index contributed by atoms with van der Waals surface area (Å²) in [4.78, 5) is 28.2. The zero-order chi connectivity index (χ0) is 20.5. The van der Waals surface area contributed by atoms with Gasteiger partial charge in [-0.1, -0.05) is 30.3 Å². The van der Waals surface area contributed by atoms with Crippen LogP contribution in [0.15, 0.2) is 72.9 Å². The number of carbonyl (C=O) groups excluding carboxylic acids is 2. The molecular formula is C23H23N3O3. The number of nitrogens with zero attached hydrogens (tertiary/aromatic N) is 1. The fraction of sp³-hybridized carbons (Fsp3) is 0.174. The second kappa shape index (κ2) is 10.0. The Kier molecular flexibility index (Phi) is 6.95. The van der Waals surface area contributed by atoms with Crippen molar-refractivity contribution in [2.24, 2.45) is 0 Å². The molecule has 0 aliphatic carbocycles. The predicted molar refractivity (Wildman–Crippen MR) is 112 cm³/mol. The largest absolute Gasteiger partial charge is 0.462 e. The van der Waals surface area contributed by atoms with E-state index in [1.165, 1.54) is 5.56 Å². The number of carbonyl (C=O) groups is 2. The number of aromatic nitrogens is 1. The van der Waals surface area contributed by atoms with Crippen LogP contribution in [0.25, 0.3) is 0 Å². The minimum absolute atomic E-state index is 0.220. The van der Waals surface area contributed by atoms with E-state index in [1.807, 2.05) is 30.3 Å². The standard InChI is InChI=1S/C23H23N3O3/c1-2-29-23(28)18-8-10-19(11-9-18)26-20-13-15-24-21(16-20)22(27)25-14-12-17-6-4-3-5-7-17/h3-11,13,15-16H,2,12,14H2,1H3,(H,24,26)(H,25,27). The molecule has 0 bridgehead atoms. The number of anilines is 2. The first-order chi connectivity index (χ1) is 14.2. The molecule has 0 atom stereocenters. The molecule has 2 aromatic carbocycles. The highest BCUT2D eigenvalue weighted by Crippen LogP contribution is 2.18. The molecule has 29 heavy (non-hydrogen) atoms. The van der Waals surface area contributed by atoms with Crippen molar-refractivity contribution in [3.8, 4) is 0 Å². The lowest BCUT2D eigenvalue weighted by Gasteiger charge is -2.09. The van der Waals surface area contributed by atoms with Crippen molar-refractivity contribution in [2.45, 2.75) is 13.3 Å². The van der Waals surface area contributed by atoms with Gasteiger partial charge >= 0.3 is 5.97 Å². The van der Waals surface area contributed by atoms with Gasteiger partial charge in [0, 0.05) is 24.1 Å². The Bertz CT molecular complexity index is 957. The van der Waals surface area contributed by atoms with Crippen LogP contribution < -0.4 is 10.6 Å². The molecule has 0 fully saturated rings. The van der Waals surface area contributed by atoms with Crippen LogP contribution in [0.3, 0.4) is 0 Å². The first kappa shape index (κ1) is 20.1. The monoisotopic (exact) mass is 389 g/mol. The third-order valence-corrected chi connectivity index (χ3v) is 4.22. The van der Waals surface area contributed by atoms with E-state index in [1.54, 1.807) is 49.5 Å². The van der Waals surface area contributed by atoms with Crippen molar-refractivity contribution in [3.05, 3.63) is 89.7 Å². The van der Waals surface area contributed by atoms with Gasteiger partial charge in [-0.15, -0.1) is 0 Å². The number of esters is 1. The Balaban J connectivity index is 1.57. The Morgan fingerprint density at radius 3 is 2.45 bits per heavy atom. The fourth-order valence-electron chi connectivity index (χ4n) is 2.76. The molecule has 1 heterocycles. The van der Waals surface area contributed by atoms with E-state index < -0.39 is 0 Å². The van der Waals surface area contributed by atoms with Crippen molar-refractivity contribution >= 4 is 23.3 Å². The topological polar surface area (TPSA) is 80.3 Å². The molecule has 0 aliphatic rings. The summed E-state index contributed by atoms with van der Waals surface area (Å²) in [6.07, 6.45) is 2.35. The zero-order valence-electron chi connectivity index (χ0n) is 16.2. The molecule has 1 amide bonds. The lowest BCUT2D eigenvalue weighted by Crippen LogP contribution is -2.26. The maximum Gasteiger partial charge on any atom is 0.338 e. The normalized spacial score (nSPS) is 10.2. The van der Waals surface area contributed by atoms with Gasteiger partial charge in [0.2, 0.25) is 0 Å². The van der Waals surface area contributed by atoms with Crippen LogP contribution in [0.1, 0.15) is 33.3 Å². The van der Waals surface area contributed by atoms with Crippen LogP contribution >= 0.6 is 0 Å². The van der Waals surface area contributed by atoms with Gasteiger partial charge in [0.05, 0.1) is 12.2 Å². The quantitative estimate of drug-likeness (QED) is 0.570. The van der Waals surface area contributed by atoms with E-state index >= 15 is 0 Å². The first-order valence-corrected chi connectivity index (χ1v) is 9.48. The number of benzene rings is 2. The van der Waals surface area contributed by atoms with E-state index in [2.05, 4.69) is 15.6 Å². The molecule has 1 aromatic heterocycles. The molecule has 0 spiro atoms. The molecular weight excluding hydrogens is 366 g/mol. The molecule has 3 aromatic rings. The Hall–Kier alpha value is -3.67. The smallest absolute Gasteiger partial charge is 0.338 e. The Labute approximate surface area is 169 Å². The van der Waals surface area contributed by atoms with E-state index in [4.69, 9.17) is 4.74 Å². The number of pyridine rings is 1. The maximum atomic E-state index is 12.4. The molecule has 0 unspecified atom stereocenters. The van der Waals surface area contributed by atoms with Gasteiger partial charge in [-0.25, -0.2) is 4.79 Å². The van der Waals surface area contributed by atoms with E-state index in [0.29, 0.717) is 24.4 Å². The number of rotatable bonds is 8. The lowest BCUT2D eigenvalue weighted by atomic mass is 10.1. The van der Waals surface area contributed by atoms with Crippen LogP contribution in [0.2, 0.25) is 0 Å². The summed E-state index contributed by atoms with van der Waals surface area (Å²) in [6.45, 7) is 2.65. The van der Waals surface area contributed by atoms with Crippen LogP contribution in [-0.2, 0) is 11.2 Å². The van der Waals surface area contributed by atoms with Crippen LogP contribution in [-0.4, -0.2) is 30.0 Å². The summed E-state index contributed by atoms with van der Waals surface area (Å²) in [7, 11) is 0. The lowest BCUT2D eigenvalue weighted by molar-refractivity contribution is 0.0526. The van der Waals surface area contributed by atoms with Crippen molar-refractivity contribution in [1.29, 1.82) is 0 Å². The highest BCUT2D eigenvalue weighted by atomic mass is 16.5. The molecule has 2 N–H and O–H groups in total. The second-order valence-electron chi connectivity index (χ2n) is 6.34. The average molecular weight is 389 g/mol. The number of ether oxygens (including phenoxy) is 1. The van der Waals surface area contributed by atoms with E-state index in [0.717, 1.165) is 17.8 Å². The Morgan fingerprint density at radius 2 is 1.72 bits per heavy atom. The third kappa shape index (κ3) is 5.90. The van der Waals surface area contributed by atoms with Crippen molar-refractivity contribution in [3.63, 3.8) is 0 Å². The summed E-state index contributed by atoms with van der Waals surface area (Å²) in [5.41, 5.74) is 3.52. The van der Waals surface area contributed by atoms with Gasteiger partial charge < -0.3 is 15.4 Å². The summed E-state index contributed by atoms with van der Waals surface area (Å²) >= 11 is 0. The van der Waals surface area contributed by atoms with Gasteiger partial charge in [0.15, 0.2) is 0 Å². The second-order valence-corrected chi connectivity index (χ2v) is 6.34. The molecule has 0 saturated heterocycles. The molecule has 3 rings (SSSR count). The van der Waals surface area contributed by atoms with Gasteiger partial charge in [-0.2, -0.15) is 0 Å². The summed E-state index contributed by atoms with van der Waals surface area (Å²) < 4.78 is 4.98. The van der Waals surface area contributed by atoms with Gasteiger partial charge in [0.1, 0.15) is 5.69 Å². The molecule has 0 aliphatic heterocycles. The summed E-state index contributed by atoms with van der Waals surface area (Å²) in [5, 5.41) is 6.10. The van der Waals surface area contributed by atoms with Gasteiger partial charge in [0.25, 0.3) is 5.91 Å².